The lowest BCUT2D eigenvalue weighted by Crippen LogP contribution is -2.33. The van der Waals surface area contributed by atoms with E-state index in [4.69, 9.17) is 15.2 Å². The Morgan fingerprint density at radius 2 is 1.67 bits per heavy atom. The fourth-order valence-corrected chi connectivity index (χ4v) is 3.33. The summed E-state index contributed by atoms with van der Waals surface area (Å²) in [6.07, 6.45) is 4.79. The van der Waals surface area contributed by atoms with Crippen LogP contribution in [0.3, 0.4) is 0 Å². The molecule has 1 aliphatic rings. The second-order valence-electron chi connectivity index (χ2n) is 5.16. The van der Waals surface area contributed by atoms with Gasteiger partial charge >= 0.3 is 0 Å². The van der Waals surface area contributed by atoms with Crippen molar-refractivity contribution in [2.75, 3.05) is 20.8 Å². The average Bonchev–Trinajstić information content (AvgIpc) is 2.88. The van der Waals surface area contributed by atoms with Gasteiger partial charge in [-0.2, -0.15) is 0 Å². The lowest BCUT2D eigenvalue weighted by molar-refractivity contribution is 0.367. The lowest BCUT2D eigenvalue weighted by atomic mass is 9.76. The Hall–Kier alpha value is -1.22. The van der Waals surface area contributed by atoms with Crippen LogP contribution < -0.4 is 15.2 Å². The molecule has 18 heavy (non-hydrogen) atoms. The molecule has 0 atom stereocenters. The molecule has 1 aromatic rings. The Kier molecular flexibility index (Phi) is 3.81. The van der Waals surface area contributed by atoms with E-state index < -0.39 is 0 Å². The maximum atomic E-state index is 6.09. The molecule has 0 aliphatic heterocycles. The minimum Gasteiger partial charge on any atom is -0.496 e. The third-order valence-electron chi connectivity index (χ3n) is 4.30. The highest BCUT2D eigenvalue weighted by Crippen LogP contribution is 2.47. The van der Waals surface area contributed by atoms with Gasteiger partial charge in [0.05, 0.1) is 14.2 Å². The number of rotatable bonds is 4. The van der Waals surface area contributed by atoms with Crippen molar-refractivity contribution in [3.63, 3.8) is 0 Å². The minimum absolute atomic E-state index is 0.0734. The monoisotopic (exact) mass is 249 g/mol. The van der Waals surface area contributed by atoms with Crippen LogP contribution in [-0.4, -0.2) is 20.8 Å². The van der Waals surface area contributed by atoms with Gasteiger partial charge in [0.2, 0.25) is 0 Å². The van der Waals surface area contributed by atoms with Crippen LogP contribution in [0.2, 0.25) is 0 Å². The Bertz CT molecular complexity index is 423. The first-order valence-corrected chi connectivity index (χ1v) is 6.60. The van der Waals surface area contributed by atoms with E-state index >= 15 is 0 Å². The molecular formula is C15H23NO2. The molecule has 0 radical (unpaired) electrons. The Morgan fingerprint density at radius 1 is 1.11 bits per heavy atom. The summed E-state index contributed by atoms with van der Waals surface area (Å²) in [7, 11) is 3.44. The number of hydrogen-bond donors (Lipinski definition) is 1. The predicted molar refractivity (Wildman–Crippen MR) is 73.5 cm³/mol. The molecule has 0 saturated heterocycles. The van der Waals surface area contributed by atoms with Crippen molar-refractivity contribution in [2.24, 2.45) is 5.73 Å². The molecule has 0 spiro atoms. The molecular weight excluding hydrogens is 226 g/mol. The summed E-state index contributed by atoms with van der Waals surface area (Å²) in [5.74, 6) is 1.87. The number of methoxy groups -OCH3 is 2. The molecule has 2 N–H and O–H groups in total. The molecule has 0 amide bonds. The van der Waals surface area contributed by atoms with E-state index in [0.29, 0.717) is 6.54 Å². The first-order valence-electron chi connectivity index (χ1n) is 6.60. The van der Waals surface area contributed by atoms with Crippen molar-refractivity contribution >= 4 is 0 Å². The Balaban J connectivity index is 2.59. The van der Waals surface area contributed by atoms with Gasteiger partial charge in [-0.3, -0.25) is 0 Å². The fraction of sp³-hybridized carbons (Fsp3) is 0.600. The van der Waals surface area contributed by atoms with Crippen LogP contribution in [0, 0.1) is 6.92 Å². The Labute approximate surface area is 109 Å². The summed E-state index contributed by atoms with van der Waals surface area (Å²) in [5.41, 5.74) is 8.59. The molecule has 1 fully saturated rings. The molecule has 100 valence electrons. The first-order chi connectivity index (χ1) is 8.68. The van der Waals surface area contributed by atoms with Gasteiger partial charge in [0, 0.05) is 17.5 Å². The molecule has 3 heteroatoms. The highest BCUT2D eigenvalue weighted by Gasteiger charge is 2.38. The highest BCUT2D eigenvalue weighted by atomic mass is 16.5. The molecule has 1 saturated carbocycles. The minimum atomic E-state index is 0.0734. The first kappa shape index (κ1) is 13.2. The molecule has 3 nitrogen and oxygen atoms in total. The molecule has 0 bridgehead atoms. The maximum Gasteiger partial charge on any atom is 0.123 e. The van der Waals surface area contributed by atoms with E-state index in [-0.39, 0.29) is 5.41 Å². The number of benzene rings is 1. The fourth-order valence-electron chi connectivity index (χ4n) is 3.33. The quantitative estimate of drug-likeness (QED) is 0.892. The normalized spacial score (nSPS) is 17.8. The van der Waals surface area contributed by atoms with Crippen LogP contribution >= 0.6 is 0 Å². The predicted octanol–water partition coefficient (Wildman–Crippen LogP) is 2.78. The molecule has 0 aromatic heterocycles. The van der Waals surface area contributed by atoms with Gasteiger partial charge in [-0.15, -0.1) is 0 Å². The topological polar surface area (TPSA) is 44.5 Å². The third kappa shape index (κ3) is 1.97. The van der Waals surface area contributed by atoms with E-state index in [9.17, 15) is 0 Å². The van der Waals surface area contributed by atoms with Crippen molar-refractivity contribution in [1.29, 1.82) is 0 Å². The zero-order valence-electron chi connectivity index (χ0n) is 11.6. The van der Waals surface area contributed by atoms with Crippen molar-refractivity contribution in [3.8, 4) is 11.5 Å². The SMILES string of the molecule is COc1ccc(OC)c(C2(CN)CCCC2)c1C. The van der Waals surface area contributed by atoms with Gasteiger partial charge in [-0.05, 0) is 37.5 Å². The second kappa shape index (κ2) is 5.19. The summed E-state index contributed by atoms with van der Waals surface area (Å²) in [6.45, 7) is 2.78. The lowest BCUT2D eigenvalue weighted by Gasteiger charge is -2.31. The summed E-state index contributed by atoms with van der Waals surface area (Å²) in [6, 6.07) is 3.97. The number of nitrogens with two attached hydrogens (primary N) is 1. The molecule has 0 unspecified atom stereocenters. The summed E-state index contributed by atoms with van der Waals surface area (Å²) in [5, 5.41) is 0. The van der Waals surface area contributed by atoms with Gasteiger partial charge < -0.3 is 15.2 Å². The maximum absolute atomic E-state index is 6.09. The van der Waals surface area contributed by atoms with E-state index in [2.05, 4.69) is 6.92 Å². The van der Waals surface area contributed by atoms with Gasteiger partial charge in [-0.1, -0.05) is 12.8 Å². The number of ether oxygens (including phenoxy) is 2. The summed E-state index contributed by atoms with van der Waals surface area (Å²) < 4.78 is 11.0. The van der Waals surface area contributed by atoms with Crippen LogP contribution in [0.25, 0.3) is 0 Å². The smallest absolute Gasteiger partial charge is 0.123 e. The number of hydrogen-bond acceptors (Lipinski definition) is 3. The van der Waals surface area contributed by atoms with Crippen LogP contribution in [0.4, 0.5) is 0 Å². The Morgan fingerprint density at radius 3 is 2.17 bits per heavy atom. The van der Waals surface area contributed by atoms with Crippen molar-refractivity contribution in [2.45, 2.75) is 38.0 Å². The van der Waals surface area contributed by atoms with E-state index in [1.807, 2.05) is 12.1 Å². The summed E-state index contributed by atoms with van der Waals surface area (Å²) >= 11 is 0. The van der Waals surface area contributed by atoms with Gasteiger partial charge in [-0.25, -0.2) is 0 Å². The van der Waals surface area contributed by atoms with Crippen LogP contribution in [0.5, 0.6) is 11.5 Å². The van der Waals surface area contributed by atoms with Gasteiger partial charge in [0.1, 0.15) is 11.5 Å². The average molecular weight is 249 g/mol. The standard InChI is InChI=1S/C15H23NO2/c1-11-12(17-2)6-7-13(18-3)14(11)15(10-16)8-4-5-9-15/h6-7H,4-5,8-10,16H2,1-3H3. The van der Waals surface area contributed by atoms with Crippen LogP contribution in [0.15, 0.2) is 12.1 Å². The largest absolute Gasteiger partial charge is 0.496 e. The van der Waals surface area contributed by atoms with Crippen LogP contribution in [0.1, 0.15) is 36.8 Å². The third-order valence-corrected chi connectivity index (χ3v) is 4.30. The van der Waals surface area contributed by atoms with E-state index in [0.717, 1.165) is 24.3 Å². The zero-order chi connectivity index (χ0) is 13.2. The molecule has 0 heterocycles. The summed E-state index contributed by atoms with van der Waals surface area (Å²) in [4.78, 5) is 0. The molecule has 1 aliphatic carbocycles. The van der Waals surface area contributed by atoms with Gasteiger partial charge in [0.25, 0.3) is 0 Å². The van der Waals surface area contributed by atoms with Gasteiger partial charge in [0.15, 0.2) is 0 Å². The second-order valence-corrected chi connectivity index (χ2v) is 5.16. The van der Waals surface area contributed by atoms with Crippen molar-refractivity contribution in [1.82, 2.24) is 0 Å². The molecule has 2 rings (SSSR count). The highest BCUT2D eigenvalue weighted by molar-refractivity contribution is 5.52. The van der Waals surface area contributed by atoms with Crippen molar-refractivity contribution in [3.05, 3.63) is 23.3 Å². The zero-order valence-corrected chi connectivity index (χ0v) is 11.6. The molecule has 1 aromatic carbocycles. The van der Waals surface area contributed by atoms with E-state index in [1.54, 1.807) is 14.2 Å². The van der Waals surface area contributed by atoms with E-state index in [1.165, 1.54) is 24.0 Å². The van der Waals surface area contributed by atoms with Crippen LogP contribution in [-0.2, 0) is 5.41 Å². The van der Waals surface area contributed by atoms with Crippen molar-refractivity contribution < 1.29 is 9.47 Å².